The van der Waals surface area contributed by atoms with E-state index < -0.39 is 0 Å². The summed E-state index contributed by atoms with van der Waals surface area (Å²) in [5.74, 6) is -0.591. The molecule has 2 heterocycles. The van der Waals surface area contributed by atoms with Crippen molar-refractivity contribution in [1.82, 2.24) is 9.78 Å². The number of benzene rings is 2. The van der Waals surface area contributed by atoms with E-state index in [0.717, 1.165) is 30.8 Å². The molecule has 1 aliphatic heterocycles. The van der Waals surface area contributed by atoms with E-state index >= 15 is 0 Å². The predicted octanol–water partition coefficient (Wildman–Crippen LogP) is 4.67. The summed E-state index contributed by atoms with van der Waals surface area (Å²) in [6.07, 6.45) is 1.03. The average Bonchev–Trinajstić information content (AvgIpc) is 3.23. The van der Waals surface area contributed by atoms with Gasteiger partial charge in [-0.3, -0.25) is 4.79 Å². The van der Waals surface area contributed by atoms with Gasteiger partial charge in [0.25, 0.3) is 5.91 Å². The topological polar surface area (TPSA) is 50.2 Å². The lowest BCUT2D eigenvalue weighted by atomic mass is 10.1. The van der Waals surface area contributed by atoms with E-state index in [2.05, 4.69) is 28.3 Å². The van der Waals surface area contributed by atoms with Crippen molar-refractivity contribution in [3.05, 3.63) is 75.8 Å². The number of aryl methyl sites for hydroxylation is 1. The number of rotatable bonds is 5. The van der Waals surface area contributed by atoms with E-state index in [1.807, 2.05) is 12.1 Å². The van der Waals surface area contributed by atoms with Gasteiger partial charge in [0.15, 0.2) is 0 Å². The van der Waals surface area contributed by atoms with Gasteiger partial charge in [-0.15, -0.1) is 0 Å². The van der Waals surface area contributed by atoms with Gasteiger partial charge in [0, 0.05) is 24.5 Å². The number of hydrogen-bond acceptors (Lipinski definition) is 3. The molecule has 4 rings (SSSR count). The Balaban J connectivity index is 1.55. The largest absolute Gasteiger partial charge is 0.371 e. The van der Waals surface area contributed by atoms with Crippen molar-refractivity contribution in [3.63, 3.8) is 0 Å². The first-order chi connectivity index (χ1) is 14.0. The number of hydrogen-bond donors (Lipinski definition) is 1. The van der Waals surface area contributed by atoms with Crippen LogP contribution >= 0.6 is 11.6 Å². The Bertz CT molecular complexity index is 1060. The quantitative estimate of drug-likeness (QED) is 0.662. The fourth-order valence-corrected chi connectivity index (χ4v) is 4.04. The molecule has 0 radical (unpaired) electrons. The molecule has 1 amide bonds. The number of amides is 1. The third-order valence-electron chi connectivity index (χ3n) is 5.25. The summed E-state index contributed by atoms with van der Waals surface area (Å²) in [7, 11) is 0. The van der Waals surface area contributed by atoms with E-state index in [1.54, 1.807) is 23.7 Å². The second kappa shape index (κ2) is 7.87. The van der Waals surface area contributed by atoms with Gasteiger partial charge in [-0.2, -0.15) is 5.10 Å². The lowest BCUT2D eigenvalue weighted by molar-refractivity contribution is 0.102. The van der Waals surface area contributed by atoms with Crippen LogP contribution in [0.15, 0.2) is 42.5 Å². The number of aromatic nitrogens is 2. The van der Waals surface area contributed by atoms with Crippen molar-refractivity contribution >= 4 is 28.9 Å². The van der Waals surface area contributed by atoms with Crippen LogP contribution < -0.4 is 10.2 Å². The first kappa shape index (κ1) is 19.5. The number of nitrogens with zero attached hydrogens (tertiary/aromatic N) is 3. The zero-order chi connectivity index (χ0) is 20.5. The predicted molar refractivity (Wildman–Crippen MR) is 113 cm³/mol. The summed E-state index contributed by atoms with van der Waals surface area (Å²) in [6.45, 7) is 6.18. The maximum absolute atomic E-state index is 13.1. The maximum atomic E-state index is 13.1. The highest BCUT2D eigenvalue weighted by Gasteiger charge is 2.22. The molecule has 0 atom stereocenters. The number of nitrogens with one attached hydrogen (secondary N) is 1. The molecule has 0 saturated carbocycles. The summed E-state index contributed by atoms with van der Waals surface area (Å²) in [4.78, 5) is 15.2. The van der Waals surface area contributed by atoms with E-state index in [9.17, 15) is 9.18 Å². The Hall–Kier alpha value is -2.86. The number of carbonyl (C=O) groups excluding carboxylic acids is 1. The Labute approximate surface area is 174 Å². The fourth-order valence-electron chi connectivity index (χ4n) is 3.72. The third-order valence-corrected chi connectivity index (χ3v) is 5.64. The summed E-state index contributed by atoms with van der Waals surface area (Å²) >= 11 is 6.47. The number of halogens is 2. The normalized spacial score (nSPS) is 12.9. The van der Waals surface area contributed by atoms with Gasteiger partial charge in [0.2, 0.25) is 0 Å². The minimum Gasteiger partial charge on any atom is -0.371 e. The fraction of sp³-hybridized carbons (Fsp3) is 0.273. The van der Waals surface area contributed by atoms with Crippen molar-refractivity contribution in [2.45, 2.75) is 26.8 Å². The molecule has 1 aliphatic rings. The molecule has 0 saturated heterocycles. The van der Waals surface area contributed by atoms with Gasteiger partial charge in [-0.05, 0) is 55.7 Å². The van der Waals surface area contributed by atoms with E-state index in [0.29, 0.717) is 17.8 Å². The van der Waals surface area contributed by atoms with Crippen LogP contribution in [0.1, 0.15) is 34.1 Å². The molecule has 0 spiro atoms. The molecule has 7 heteroatoms. The summed E-state index contributed by atoms with van der Waals surface area (Å²) < 4.78 is 14.7. The van der Waals surface area contributed by atoms with Crippen LogP contribution in [0, 0.1) is 12.7 Å². The Morgan fingerprint density at radius 1 is 1.24 bits per heavy atom. The van der Waals surface area contributed by atoms with Crippen molar-refractivity contribution in [2.24, 2.45) is 0 Å². The van der Waals surface area contributed by atoms with Gasteiger partial charge >= 0.3 is 0 Å². The molecule has 2 aromatic carbocycles. The van der Waals surface area contributed by atoms with E-state index in [-0.39, 0.29) is 16.9 Å². The van der Waals surface area contributed by atoms with Crippen LogP contribution in [0.2, 0.25) is 5.15 Å². The molecular weight excluding hydrogens is 391 g/mol. The van der Waals surface area contributed by atoms with Crippen molar-refractivity contribution < 1.29 is 9.18 Å². The van der Waals surface area contributed by atoms with Crippen LogP contribution in [-0.2, 0) is 13.0 Å². The van der Waals surface area contributed by atoms with E-state index in [4.69, 9.17) is 11.6 Å². The number of anilines is 2. The zero-order valence-electron chi connectivity index (χ0n) is 16.4. The van der Waals surface area contributed by atoms with Crippen LogP contribution in [-0.4, -0.2) is 28.8 Å². The summed E-state index contributed by atoms with van der Waals surface area (Å²) in [6, 6.07) is 12.1. The third kappa shape index (κ3) is 3.85. The molecule has 0 aliphatic carbocycles. The molecule has 1 N–H and O–H groups in total. The zero-order valence-corrected chi connectivity index (χ0v) is 17.1. The molecule has 1 aromatic heterocycles. The van der Waals surface area contributed by atoms with Gasteiger partial charge < -0.3 is 10.2 Å². The summed E-state index contributed by atoms with van der Waals surface area (Å²) in [5, 5.41) is 7.61. The van der Waals surface area contributed by atoms with Gasteiger partial charge in [-0.25, -0.2) is 9.07 Å². The molecule has 3 aromatic rings. The van der Waals surface area contributed by atoms with Crippen LogP contribution in [0.25, 0.3) is 0 Å². The Kier molecular flexibility index (Phi) is 5.28. The minimum atomic E-state index is -0.299. The number of fused-ring (bicyclic) bond motifs is 1. The minimum absolute atomic E-state index is 0.265. The molecule has 0 unspecified atom stereocenters. The lowest BCUT2D eigenvalue weighted by Crippen LogP contribution is -2.19. The van der Waals surface area contributed by atoms with Crippen molar-refractivity contribution in [3.8, 4) is 0 Å². The highest BCUT2D eigenvalue weighted by atomic mass is 35.5. The highest BCUT2D eigenvalue weighted by Crippen LogP contribution is 2.31. The van der Waals surface area contributed by atoms with Crippen LogP contribution in [0.3, 0.4) is 0 Å². The number of carbonyl (C=O) groups is 1. The first-order valence-corrected chi connectivity index (χ1v) is 10.0. The molecular formula is C22H22ClFN4O. The smallest absolute Gasteiger partial charge is 0.260 e. The monoisotopic (exact) mass is 412 g/mol. The second-order valence-electron chi connectivity index (χ2n) is 7.16. The first-order valence-electron chi connectivity index (χ1n) is 9.63. The molecule has 29 heavy (non-hydrogen) atoms. The number of likely N-dealkylation sites (N-methyl/N-ethyl adjacent to an activating group) is 1. The SMILES string of the molecule is CCN1CCc2ccc(NC(=O)c3c(C)nn(Cc4ccc(F)cc4)c3Cl)cc21. The van der Waals surface area contributed by atoms with Crippen LogP contribution in [0.5, 0.6) is 0 Å². The molecule has 5 nitrogen and oxygen atoms in total. The Morgan fingerprint density at radius 3 is 2.72 bits per heavy atom. The van der Waals surface area contributed by atoms with Gasteiger partial charge in [-0.1, -0.05) is 29.8 Å². The average molecular weight is 413 g/mol. The lowest BCUT2D eigenvalue weighted by Gasteiger charge is -2.17. The molecule has 150 valence electrons. The molecule has 0 bridgehead atoms. The van der Waals surface area contributed by atoms with Crippen LogP contribution in [0.4, 0.5) is 15.8 Å². The summed E-state index contributed by atoms with van der Waals surface area (Å²) in [5.41, 5.74) is 4.94. The van der Waals surface area contributed by atoms with E-state index in [1.165, 1.54) is 23.4 Å². The standard InChI is InChI=1S/C22H22ClFN4O/c1-3-27-11-10-16-6-9-18(12-19(16)27)25-22(29)20-14(2)26-28(21(20)23)13-15-4-7-17(24)8-5-15/h4-9,12H,3,10-11,13H2,1-2H3,(H,25,29). The maximum Gasteiger partial charge on any atom is 0.260 e. The van der Waals surface area contributed by atoms with Gasteiger partial charge in [0.05, 0.1) is 17.8 Å². The van der Waals surface area contributed by atoms with Crippen molar-refractivity contribution in [1.29, 1.82) is 0 Å². The van der Waals surface area contributed by atoms with Crippen molar-refractivity contribution in [2.75, 3.05) is 23.3 Å². The van der Waals surface area contributed by atoms with Gasteiger partial charge in [0.1, 0.15) is 11.0 Å². The highest BCUT2D eigenvalue weighted by molar-refractivity contribution is 6.33. The second-order valence-corrected chi connectivity index (χ2v) is 7.52. The molecule has 0 fully saturated rings. The Morgan fingerprint density at radius 2 is 2.00 bits per heavy atom.